The molecule has 0 unspecified atom stereocenters. The van der Waals surface area contributed by atoms with Gasteiger partial charge < -0.3 is 29.4 Å². The first-order valence-electron chi connectivity index (χ1n) is 13.9. The molecule has 0 spiro atoms. The van der Waals surface area contributed by atoms with E-state index in [-0.39, 0.29) is 0 Å². The largest absolute Gasteiger partial charge is 0.302 e. The van der Waals surface area contributed by atoms with Gasteiger partial charge in [-0.2, -0.15) is 0 Å². The topological polar surface area (TPSA) is 19.4 Å². The Morgan fingerprint density at radius 3 is 0.594 bits per heavy atom. The highest BCUT2D eigenvalue weighted by atomic mass is 15.2. The molecule has 32 heavy (non-hydrogen) atoms. The molecule has 0 aromatic carbocycles. The van der Waals surface area contributed by atoms with Crippen molar-refractivity contribution in [3.63, 3.8) is 0 Å². The number of hydrogen-bond acceptors (Lipinski definition) is 6. The Hall–Kier alpha value is -0.240. The van der Waals surface area contributed by atoms with Crippen LogP contribution in [-0.2, 0) is 0 Å². The zero-order valence-electron chi connectivity index (χ0n) is 22.8. The minimum Gasteiger partial charge on any atom is -0.302 e. The Kier molecular flexibility index (Phi) is 17.8. The Balaban J connectivity index is 2.74. The standard InChI is InChI=1S/C26H58N6/c1-7-27-15-13-17-29(9-3)21-23-31(11-5)25-26-32(12-6)24-22-30(10-4)18-14-16-28(8-2)20-19-27/h7-26H2,1-6H3. The fourth-order valence-electron chi connectivity index (χ4n) is 4.74. The number of likely N-dealkylation sites (N-methyl/N-ethyl adjacent to an activating group) is 6. The van der Waals surface area contributed by atoms with Gasteiger partial charge in [-0.3, -0.25) is 0 Å². The van der Waals surface area contributed by atoms with Crippen molar-refractivity contribution in [1.29, 1.82) is 0 Å². The van der Waals surface area contributed by atoms with Gasteiger partial charge in [0.25, 0.3) is 0 Å². The van der Waals surface area contributed by atoms with Crippen LogP contribution in [0.15, 0.2) is 0 Å². The lowest BCUT2D eigenvalue weighted by Gasteiger charge is -2.31. The van der Waals surface area contributed by atoms with Gasteiger partial charge in [0.1, 0.15) is 0 Å². The molecule has 1 heterocycles. The molecular formula is C26H58N6. The Morgan fingerprint density at radius 2 is 0.438 bits per heavy atom. The fourth-order valence-corrected chi connectivity index (χ4v) is 4.74. The van der Waals surface area contributed by atoms with Gasteiger partial charge in [0.15, 0.2) is 0 Å². The molecule has 0 N–H and O–H groups in total. The van der Waals surface area contributed by atoms with E-state index in [0.717, 1.165) is 13.1 Å². The van der Waals surface area contributed by atoms with Crippen molar-refractivity contribution in [2.45, 2.75) is 54.4 Å². The third-order valence-corrected chi connectivity index (χ3v) is 7.51. The predicted molar refractivity (Wildman–Crippen MR) is 142 cm³/mol. The van der Waals surface area contributed by atoms with E-state index >= 15 is 0 Å². The lowest BCUT2D eigenvalue weighted by molar-refractivity contribution is 0.158. The molecule has 1 saturated heterocycles. The maximum absolute atomic E-state index is 2.66. The predicted octanol–water partition coefficient (Wildman–Crippen LogP) is 2.71. The van der Waals surface area contributed by atoms with Gasteiger partial charge in [0.05, 0.1) is 0 Å². The summed E-state index contributed by atoms with van der Waals surface area (Å²) in [6, 6.07) is 0. The normalized spacial score (nSPS) is 23.4. The molecule has 0 radical (unpaired) electrons. The summed E-state index contributed by atoms with van der Waals surface area (Å²) in [5, 5.41) is 0. The van der Waals surface area contributed by atoms with E-state index < -0.39 is 0 Å². The van der Waals surface area contributed by atoms with Crippen LogP contribution in [0.5, 0.6) is 0 Å². The van der Waals surface area contributed by atoms with Crippen molar-refractivity contribution in [2.75, 3.05) is 118 Å². The van der Waals surface area contributed by atoms with Crippen LogP contribution in [-0.4, -0.2) is 147 Å². The van der Waals surface area contributed by atoms with Gasteiger partial charge in [-0.1, -0.05) is 41.5 Å². The van der Waals surface area contributed by atoms with Crippen molar-refractivity contribution in [2.24, 2.45) is 0 Å². The van der Waals surface area contributed by atoms with E-state index in [1.54, 1.807) is 0 Å². The molecule has 6 heteroatoms. The lowest BCUT2D eigenvalue weighted by atomic mass is 10.3. The van der Waals surface area contributed by atoms with Gasteiger partial charge >= 0.3 is 0 Å². The summed E-state index contributed by atoms with van der Waals surface area (Å²) in [5.74, 6) is 0. The van der Waals surface area contributed by atoms with Crippen molar-refractivity contribution < 1.29 is 0 Å². The van der Waals surface area contributed by atoms with Gasteiger partial charge in [0, 0.05) is 52.4 Å². The molecular weight excluding hydrogens is 396 g/mol. The van der Waals surface area contributed by atoms with E-state index in [4.69, 9.17) is 0 Å². The molecule has 192 valence electrons. The van der Waals surface area contributed by atoms with E-state index in [9.17, 15) is 0 Å². The van der Waals surface area contributed by atoms with E-state index in [1.165, 1.54) is 118 Å². The van der Waals surface area contributed by atoms with Crippen LogP contribution < -0.4 is 0 Å². The molecule has 0 saturated carbocycles. The molecule has 0 aromatic heterocycles. The first-order chi connectivity index (χ1) is 15.6. The molecule has 0 atom stereocenters. The third-order valence-electron chi connectivity index (χ3n) is 7.51. The Bertz CT molecular complexity index is 383. The summed E-state index contributed by atoms with van der Waals surface area (Å²) in [6.45, 7) is 35.5. The van der Waals surface area contributed by atoms with Crippen molar-refractivity contribution >= 4 is 0 Å². The Labute approximate surface area is 201 Å². The van der Waals surface area contributed by atoms with Crippen LogP contribution in [0.1, 0.15) is 54.4 Å². The molecule has 0 amide bonds. The molecule has 0 aromatic rings. The van der Waals surface area contributed by atoms with Crippen molar-refractivity contribution in [1.82, 2.24) is 29.4 Å². The average Bonchev–Trinajstić information content (AvgIpc) is 2.82. The van der Waals surface area contributed by atoms with Crippen LogP contribution in [0.4, 0.5) is 0 Å². The number of nitrogens with zero attached hydrogens (tertiary/aromatic N) is 6. The molecule has 0 aliphatic carbocycles. The minimum absolute atomic E-state index is 1.16. The maximum atomic E-state index is 2.66. The van der Waals surface area contributed by atoms with Gasteiger partial charge in [-0.05, 0) is 78.3 Å². The molecule has 1 fully saturated rings. The molecule has 6 nitrogen and oxygen atoms in total. The second-order valence-corrected chi connectivity index (χ2v) is 9.31. The van der Waals surface area contributed by atoms with Crippen LogP contribution in [0, 0.1) is 0 Å². The van der Waals surface area contributed by atoms with Gasteiger partial charge in [-0.15, -0.1) is 0 Å². The first-order valence-corrected chi connectivity index (χ1v) is 13.9. The van der Waals surface area contributed by atoms with E-state index in [0.29, 0.717) is 0 Å². The highest BCUT2D eigenvalue weighted by Crippen LogP contribution is 2.02. The smallest absolute Gasteiger partial charge is 0.0110 e. The molecule has 1 rings (SSSR count). The average molecular weight is 455 g/mol. The minimum atomic E-state index is 1.16. The SMILES string of the molecule is CCN1CCCN(CC)CCN(CC)CCN(CC)CCN(CC)CCCN(CC)CC1. The Morgan fingerprint density at radius 1 is 0.281 bits per heavy atom. The number of hydrogen-bond donors (Lipinski definition) is 0. The molecule has 1 aliphatic rings. The van der Waals surface area contributed by atoms with Crippen LogP contribution in [0.3, 0.4) is 0 Å². The van der Waals surface area contributed by atoms with Gasteiger partial charge in [-0.25, -0.2) is 0 Å². The summed E-state index contributed by atoms with van der Waals surface area (Å²) < 4.78 is 0. The van der Waals surface area contributed by atoms with E-state index in [2.05, 4.69) is 70.9 Å². The third kappa shape index (κ3) is 12.9. The second-order valence-electron chi connectivity index (χ2n) is 9.31. The monoisotopic (exact) mass is 454 g/mol. The first kappa shape index (κ1) is 29.8. The highest BCUT2D eigenvalue weighted by molar-refractivity contribution is 4.69. The zero-order chi connectivity index (χ0) is 23.6. The van der Waals surface area contributed by atoms with Crippen molar-refractivity contribution in [3.8, 4) is 0 Å². The lowest BCUT2D eigenvalue weighted by Crippen LogP contribution is -2.43. The maximum Gasteiger partial charge on any atom is 0.0110 e. The summed E-state index contributed by atoms with van der Waals surface area (Å²) >= 11 is 0. The molecule has 1 aliphatic heterocycles. The fraction of sp³-hybridized carbons (Fsp3) is 1.00. The summed E-state index contributed by atoms with van der Waals surface area (Å²) in [5.41, 5.74) is 0. The molecule has 0 bridgehead atoms. The van der Waals surface area contributed by atoms with Gasteiger partial charge in [0.2, 0.25) is 0 Å². The van der Waals surface area contributed by atoms with Crippen LogP contribution >= 0.6 is 0 Å². The summed E-state index contributed by atoms with van der Waals surface area (Å²) in [4.78, 5) is 15.9. The zero-order valence-corrected chi connectivity index (χ0v) is 22.8. The summed E-state index contributed by atoms with van der Waals surface area (Å²) in [7, 11) is 0. The quantitative estimate of drug-likeness (QED) is 0.610. The van der Waals surface area contributed by atoms with Crippen LogP contribution in [0.25, 0.3) is 0 Å². The highest BCUT2D eigenvalue weighted by Gasteiger charge is 2.13. The summed E-state index contributed by atoms with van der Waals surface area (Å²) in [6.07, 6.45) is 2.57. The number of rotatable bonds is 6. The van der Waals surface area contributed by atoms with Crippen molar-refractivity contribution in [3.05, 3.63) is 0 Å². The van der Waals surface area contributed by atoms with Crippen LogP contribution in [0.2, 0.25) is 0 Å². The van der Waals surface area contributed by atoms with E-state index in [1.807, 2.05) is 0 Å². The second kappa shape index (κ2) is 19.1.